The van der Waals surface area contributed by atoms with Gasteiger partial charge in [-0.25, -0.2) is 0 Å². The summed E-state index contributed by atoms with van der Waals surface area (Å²) >= 11 is 0. The number of ketones is 2. The van der Waals surface area contributed by atoms with Crippen LogP contribution in [0.5, 0.6) is 0 Å². The monoisotopic (exact) mass is 268 g/mol. The fourth-order valence-electron chi connectivity index (χ4n) is 1.04. The quantitative estimate of drug-likeness (QED) is 0.673. The Morgan fingerprint density at radius 3 is 1.42 bits per heavy atom. The Bertz CT molecular complexity index is 327. The van der Waals surface area contributed by atoms with Crippen LogP contribution in [-0.4, -0.2) is 11.6 Å². The van der Waals surface area contributed by atoms with Crippen LogP contribution < -0.4 is 0 Å². The van der Waals surface area contributed by atoms with Crippen LogP contribution in [-0.2, 0) is 9.59 Å². The van der Waals surface area contributed by atoms with Crippen molar-refractivity contribution in [3.8, 4) is 0 Å². The number of carbonyl (C=O) groups excluding carboxylic acids is 2. The molecule has 0 spiro atoms. The van der Waals surface area contributed by atoms with Crippen LogP contribution in [0.4, 0.5) is 0 Å². The van der Waals surface area contributed by atoms with Gasteiger partial charge in [0.1, 0.15) is 0 Å². The lowest BCUT2D eigenvalue weighted by atomic mass is 9.99. The predicted octanol–water partition coefficient (Wildman–Crippen LogP) is 4.99. The molecule has 0 aliphatic rings. The van der Waals surface area contributed by atoms with Crippen molar-refractivity contribution in [2.45, 2.75) is 62.8 Å². The summed E-state index contributed by atoms with van der Waals surface area (Å²) in [6, 6.07) is 0. The normalized spacial score (nSPS) is 9.79. The van der Waals surface area contributed by atoms with Crippen LogP contribution in [0, 0.1) is 11.8 Å². The van der Waals surface area contributed by atoms with Gasteiger partial charge in [-0.3, -0.25) is 9.59 Å². The highest BCUT2D eigenvalue weighted by molar-refractivity contribution is 5.96. The topological polar surface area (TPSA) is 34.1 Å². The molecule has 0 saturated carbocycles. The van der Waals surface area contributed by atoms with E-state index in [2.05, 4.69) is 0 Å². The van der Waals surface area contributed by atoms with Crippen LogP contribution in [0.1, 0.15) is 62.8 Å². The minimum atomic E-state index is 0. The maximum Gasteiger partial charge on any atom is 0.161 e. The second-order valence-corrected chi connectivity index (χ2v) is 5.20. The Morgan fingerprint density at radius 1 is 0.895 bits per heavy atom. The molecule has 0 radical (unpaired) electrons. The van der Waals surface area contributed by atoms with Crippen molar-refractivity contribution in [2.75, 3.05) is 0 Å². The van der Waals surface area contributed by atoms with E-state index < -0.39 is 0 Å². The molecular weight excluding hydrogens is 236 g/mol. The number of Topliss-reactive ketones (excluding diaryl/α,β-unsaturated/α-hetero) is 1. The molecule has 0 rings (SSSR count). The molecule has 0 fully saturated rings. The van der Waals surface area contributed by atoms with Crippen molar-refractivity contribution < 1.29 is 9.59 Å². The maximum atomic E-state index is 11.2. The third-order valence-electron chi connectivity index (χ3n) is 2.54. The van der Waals surface area contributed by atoms with Crippen molar-refractivity contribution in [1.29, 1.82) is 0 Å². The molecule has 0 heterocycles. The first-order valence-electron chi connectivity index (χ1n) is 6.49. The number of carbonyl (C=O) groups is 2. The van der Waals surface area contributed by atoms with Gasteiger partial charge < -0.3 is 0 Å². The standard InChI is InChI=1S/C9H16O.C7H12O.CH4/c1-6(2)8(5)9(10)7(3)4;1-4-5-7(8)6(2)3;/h7H,1-5H3;4-6H,1-3H3;1H4/b;5-4-;. The molecule has 0 N–H and O–H groups in total. The van der Waals surface area contributed by atoms with Crippen LogP contribution in [0.25, 0.3) is 0 Å². The highest BCUT2D eigenvalue weighted by Gasteiger charge is 2.09. The highest BCUT2D eigenvalue weighted by atomic mass is 16.1. The molecule has 0 aromatic carbocycles. The lowest BCUT2D eigenvalue weighted by molar-refractivity contribution is -0.118. The average Bonchev–Trinajstić information content (AvgIpc) is 2.27. The van der Waals surface area contributed by atoms with E-state index in [0.29, 0.717) is 0 Å². The summed E-state index contributed by atoms with van der Waals surface area (Å²) in [6.45, 7) is 15.3. The van der Waals surface area contributed by atoms with Gasteiger partial charge in [-0.2, -0.15) is 0 Å². The minimum absolute atomic E-state index is 0. The molecule has 112 valence electrons. The lowest BCUT2D eigenvalue weighted by Crippen LogP contribution is -2.08. The highest BCUT2D eigenvalue weighted by Crippen LogP contribution is 2.09. The third kappa shape index (κ3) is 11.6. The van der Waals surface area contributed by atoms with Gasteiger partial charge in [0.2, 0.25) is 0 Å². The number of rotatable bonds is 4. The molecule has 2 nitrogen and oxygen atoms in total. The first-order chi connectivity index (χ1) is 8.14. The summed E-state index contributed by atoms with van der Waals surface area (Å²) < 4.78 is 0. The van der Waals surface area contributed by atoms with Crippen LogP contribution in [0.3, 0.4) is 0 Å². The van der Waals surface area contributed by atoms with Crippen molar-refractivity contribution >= 4 is 11.6 Å². The largest absolute Gasteiger partial charge is 0.295 e. The zero-order valence-corrected chi connectivity index (χ0v) is 13.1. The zero-order chi connectivity index (χ0) is 14.9. The molecule has 19 heavy (non-hydrogen) atoms. The van der Waals surface area contributed by atoms with E-state index in [9.17, 15) is 9.59 Å². The SMILES string of the molecule is C.C/C=C\C(=O)C(C)C.CC(C)=C(C)C(=O)C(C)C. The maximum absolute atomic E-state index is 11.2. The molecule has 0 aliphatic carbocycles. The Labute approximate surface area is 120 Å². The van der Waals surface area contributed by atoms with Crippen LogP contribution in [0.15, 0.2) is 23.3 Å². The van der Waals surface area contributed by atoms with Gasteiger partial charge in [0.25, 0.3) is 0 Å². The summed E-state index contributed by atoms with van der Waals surface area (Å²) in [5.41, 5.74) is 2.04. The van der Waals surface area contributed by atoms with Gasteiger partial charge in [-0.15, -0.1) is 0 Å². The molecule has 0 aliphatic heterocycles. The zero-order valence-electron chi connectivity index (χ0n) is 13.1. The number of allylic oxidation sites excluding steroid dienone is 4. The van der Waals surface area contributed by atoms with Crippen molar-refractivity contribution in [3.05, 3.63) is 23.3 Å². The molecule has 0 saturated heterocycles. The predicted molar refractivity (Wildman–Crippen MR) is 85.3 cm³/mol. The van der Waals surface area contributed by atoms with E-state index in [1.807, 2.05) is 55.4 Å². The Hall–Kier alpha value is -1.18. The first-order valence-corrected chi connectivity index (χ1v) is 6.49. The fraction of sp³-hybridized carbons (Fsp3) is 0.647. The van der Waals surface area contributed by atoms with Gasteiger partial charge in [0, 0.05) is 11.8 Å². The van der Waals surface area contributed by atoms with Gasteiger partial charge in [0.05, 0.1) is 0 Å². The molecule has 0 amide bonds. The van der Waals surface area contributed by atoms with E-state index in [0.717, 1.165) is 11.1 Å². The van der Waals surface area contributed by atoms with E-state index in [1.165, 1.54) is 0 Å². The van der Waals surface area contributed by atoms with Gasteiger partial charge >= 0.3 is 0 Å². The van der Waals surface area contributed by atoms with Crippen molar-refractivity contribution in [3.63, 3.8) is 0 Å². The van der Waals surface area contributed by atoms with Crippen molar-refractivity contribution in [2.24, 2.45) is 11.8 Å². The van der Waals surface area contributed by atoms with Gasteiger partial charge in [-0.1, -0.05) is 46.8 Å². The smallest absolute Gasteiger partial charge is 0.161 e. The third-order valence-corrected chi connectivity index (χ3v) is 2.54. The number of hydrogen-bond donors (Lipinski definition) is 0. The second-order valence-electron chi connectivity index (χ2n) is 5.20. The molecule has 0 aromatic heterocycles. The van der Waals surface area contributed by atoms with E-state index in [-0.39, 0.29) is 30.8 Å². The fourth-order valence-corrected chi connectivity index (χ4v) is 1.04. The van der Waals surface area contributed by atoms with E-state index >= 15 is 0 Å². The van der Waals surface area contributed by atoms with E-state index in [1.54, 1.807) is 12.2 Å². The van der Waals surface area contributed by atoms with Crippen LogP contribution in [0.2, 0.25) is 0 Å². The van der Waals surface area contributed by atoms with Gasteiger partial charge in [0.15, 0.2) is 11.6 Å². The average molecular weight is 268 g/mol. The molecule has 0 bridgehead atoms. The molecule has 2 heteroatoms. The summed E-state index contributed by atoms with van der Waals surface area (Å²) in [5, 5.41) is 0. The Balaban J connectivity index is -0.000000262. The summed E-state index contributed by atoms with van der Waals surface area (Å²) in [4.78, 5) is 21.9. The second kappa shape index (κ2) is 11.9. The molecule has 0 aromatic rings. The summed E-state index contributed by atoms with van der Waals surface area (Å²) in [7, 11) is 0. The minimum Gasteiger partial charge on any atom is -0.295 e. The van der Waals surface area contributed by atoms with E-state index in [4.69, 9.17) is 0 Å². The Kier molecular flexibility index (Phi) is 14.4. The van der Waals surface area contributed by atoms with Crippen LogP contribution >= 0.6 is 0 Å². The Morgan fingerprint density at radius 2 is 1.32 bits per heavy atom. The van der Waals surface area contributed by atoms with Crippen molar-refractivity contribution in [1.82, 2.24) is 0 Å². The first kappa shape index (κ1) is 23.0. The summed E-state index contributed by atoms with van der Waals surface area (Å²) in [5.74, 6) is 0.744. The molecular formula is C17H32O2. The molecule has 0 unspecified atom stereocenters. The van der Waals surface area contributed by atoms with Gasteiger partial charge in [-0.05, 0) is 39.3 Å². The lowest BCUT2D eigenvalue weighted by Gasteiger charge is -2.04. The molecule has 0 atom stereocenters. The summed E-state index contributed by atoms with van der Waals surface area (Å²) in [6.07, 6.45) is 3.37. The number of hydrogen-bond acceptors (Lipinski definition) is 2.